The van der Waals surface area contributed by atoms with Crippen LogP contribution in [0, 0.1) is 0 Å². The molecule has 0 unspecified atom stereocenters. The number of rotatable bonds is 5. The summed E-state index contributed by atoms with van der Waals surface area (Å²) in [5, 5.41) is 0. The molecule has 0 spiro atoms. The number of imidazole rings is 2. The predicted molar refractivity (Wildman–Crippen MR) is 184 cm³/mol. The maximum Gasteiger partial charge on any atom is 0.139 e. The highest BCUT2D eigenvalue weighted by Crippen LogP contribution is 2.27. The number of aromatic nitrogens is 4. The van der Waals surface area contributed by atoms with E-state index in [0.717, 1.165) is 64.8 Å². The van der Waals surface area contributed by atoms with Crippen molar-refractivity contribution in [3.8, 4) is 22.5 Å². The molecule has 2 aliphatic heterocycles. The van der Waals surface area contributed by atoms with Gasteiger partial charge in [0.2, 0.25) is 0 Å². The van der Waals surface area contributed by atoms with E-state index in [4.69, 9.17) is 4.98 Å². The summed E-state index contributed by atoms with van der Waals surface area (Å²) in [6, 6.07) is 26.8. The van der Waals surface area contributed by atoms with Gasteiger partial charge in [0.15, 0.2) is 0 Å². The van der Waals surface area contributed by atoms with Gasteiger partial charge in [0.25, 0.3) is 0 Å². The van der Waals surface area contributed by atoms with E-state index in [1.165, 1.54) is 5.69 Å². The third-order valence-corrected chi connectivity index (χ3v) is 8.92. The fourth-order valence-corrected chi connectivity index (χ4v) is 6.21. The van der Waals surface area contributed by atoms with E-state index in [9.17, 15) is 8.78 Å². The number of alkyl halides is 2. The number of hydrogen-bond acceptors (Lipinski definition) is 5. The average molecular weight is 620 g/mol. The van der Waals surface area contributed by atoms with Crippen LogP contribution in [0.5, 0.6) is 0 Å². The van der Waals surface area contributed by atoms with E-state index in [0.29, 0.717) is 25.8 Å². The van der Waals surface area contributed by atoms with Crippen molar-refractivity contribution < 1.29 is 8.78 Å². The number of nitrogens with zero attached hydrogens (tertiary/aromatic N) is 7. The predicted octanol–water partition coefficient (Wildman–Crippen LogP) is 7.56. The molecule has 0 N–H and O–H groups in total. The highest BCUT2D eigenvalue weighted by molar-refractivity contribution is 5.68. The molecule has 6 heterocycles. The van der Waals surface area contributed by atoms with Gasteiger partial charge in [-0.2, -0.15) is 0 Å². The normalized spacial score (nSPS) is 17.0. The fraction of sp³-hybridized carbons (Fsp3) is 0.297. The Morgan fingerprint density at radius 1 is 0.630 bits per heavy atom. The summed E-state index contributed by atoms with van der Waals surface area (Å²) in [4.78, 5) is 15.9. The molecular formula is C37H39F2N7. The van der Waals surface area contributed by atoms with Crippen LogP contribution in [-0.4, -0.2) is 71.4 Å². The van der Waals surface area contributed by atoms with Crippen LogP contribution in [0.4, 0.5) is 25.8 Å². The van der Waals surface area contributed by atoms with E-state index >= 15 is 0 Å². The highest BCUT2D eigenvalue weighted by atomic mass is 19.1. The van der Waals surface area contributed by atoms with E-state index < -0.39 is 12.3 Å². The standard InChI is InChI=1S/C20H23FN4.C17H16FN3/c1-23(2)17-5-3-15(4-6-17)19-14-25-12-9-18(13-20(25)22-19)24-10-7-16(21)8-11-24;18-14-6-8-20(11-14)15-7-9-21-12-16(19-17(21)10-15)13-4-2-1-3-5-13/h3-6,9,12-14,16H,7-8,10-11H2,1-2H3;1-5,7,9-10,12,14H,6,8,11H2/t;14-/m.1/s1. The molecule has 236 valence electrons. The van der Waals surface area contributed by atoms with Gasteiger partial charge in [-0.1, -0.05) is 42.5 Å². The van der Waals surface area contributed by atoms with Crippen LogP contribution in [-0.2, 0) is 0 Å². The van der Waals surface area contributed by atoms with E-state index in [1.807, 2.05) is 71.8 Å². The maximum atomic E-state index is 13.3. The van der Waals surface area contributed by atoms with Gasteiger partial charge in [0, 0.05) is 105 Å². The Kier molecular flexibility index (Phi) is 8.30. The Morgan fingerprint density at radius 3 is 1.70 bits per heavy atom. The molecule has 4 aromatic heterocycles. The largest absolute Gasteiger partial charge is 0.378 e. The first-order valence-electron chi connectivity index (χ1n) is 16.0. The number of anilines is 3. The van der Waals surface area contributed by atoms with Gasteiger partial charge in [-0.15, -0.1) is 0 Å². The van der Waals surface area contributed by atoms with Gasteiger partial charge in [-0.25, -0.2) is 18.7 Å². The van der Waals surface area contributed by atoms with Crippen molar-refractivity contribution in [2.45, 2.75) is 31.6 Å². The zero-order valence-corrected chi connectivity index (χ0v) is 26.3. The molecular weight excluding hydrogens is 580 g/mol. The molecule has 1 atom stereocenters. The monoisotopic (exact) mass is 619 g/mol. The van der Waals surface area contributed by atoms with Crippen molar-refractivity contribution in [3.05, 3.63) is 104 Å². The van der Waals surface area contributed by atoms with Crippen LogP contribution in [0.3, 0.4) is 0 Å². The second-order valence-corrected chi connectivity index (χ2v) is 12.4. The third kappa shape index (κ3) is 6.40. The molecule has 9 heteroatoms. The molecule has 2 aliphatic rings. The Balaban J connectivity index is 0.000000149. The van der Waals surface area contributed by atoms with Crippen LogP contribution >= 0.6 is 0 Å². The minimum atomic E-state index is -0.708. The molecule has 0 aliphatic carbocycles. The van der Waals surface area contributed by atoms with Crippen LogP contribution < -0.4 is 14.7 Å². The summed E-state index contributed by atoms with van der Waals surface area (Å²) in [6.07, 6.45) is 8.60. The molecule has 46 heavy (non-hydrogen) atoms. The van der Waals surface area contributed by atoms with Crippen LogP contribution in [0.25, 0.3) is 33.8 Å². The average Bonchev–Trinajstić information content (AvgIpc) is 3.83. The smallest absolute Gasteiger partial charge is 0.139 e. The molecule has 0 radical (unpaired) electrons. The molecule has 2 fully saturated rings. The Hall–Kier alpha value is -4.92. The number of piperidine rings is 1. The van der Waals surface area contributed by atoms with Crippen LogP contribution in [0.2, 0.25) is 0 Å². The lowest BCUT2D eigenvalue weighted by Gasteiger charge is -2.30. The van der Waals surface area contributed by atoms with Gasteiger partial charge in [0.1, 0.15) is 23.6 Å². The molecule has 0 saturated carbocycles. The number of benzene rings is 2. The van der Waals surface area contributed by atoms with Crippen LogP contribution in [0.1, 0.15) is 19.3 Å². The Morgan fingerprint density at radius 2 is 1.15 bits per heavy atom. The van der Waals surface area contributed by atoms with E-state index in [1.54, 1.807) is 0 Å². The number of halogens is 2. The molecule has 0 amide bonds. The zero-order chi connectivity index (χ0) is 31.6. The first-order valence-corrected chi connectivity index (χ1v) is 16.0. The summed E-state index contributed by atoms with van der Waals surface area (Å²) in [5.41, 5.74) is 9.29. The maximum absolute atomic E-state index is 13.3. The number of pyridine rings is 2. The van der Waals surface area contributed by atoms with Gasteiger partial charge >= 0.3 is 0 Å². The van der Waals surface area contributed by atoms with Gasteiger partial charge < -0.3 is 23.5 Å². The highest BCUT2D eigenvalue weighted by Gasteiger charge is 2.22. The van der Waals surface area contributed by atoms with Crippen molar-refractivity contribution in [1.29, 1.82) is 0 Å². The second kappa shape index (κ2) is 12.8. The number of fused-ring (bicyclic) bond motifs is 2. The summed E-state index contributed by atoms with van der Waals surface area (Å²) < 4.78 is 30.7. The van der Waals surface area contributed by atoms with Crippen molar-refractivity contribution in [2.75, 3.05) is 55.0 Å². The third-order valence-electron chi connectivity index (χ3n) is 8.92. The van der Waals surface area contributed by atoms with E-state index in [-0.39, 0.29) is 0 Å². The Bertz CT molecular complexity index is 1910. The summed E-state index contributed by atoms with van der Waals surface area (Å²) in [5.74, 6) is 0. The second-order valence-electron chi connectivity index (χ2n) is 12.4. The SMILES string of the molecule is CN(C)c1ccc(-c2cn3ccc(N4CCC(F)CC4)cc3n2)cc1.F[C@@H]1CCN(c2ccn3cc(-c4ccccc4)nc3c2)C1. The van der Waals surface area contributed by atoms with Crippen molar-refractivity contribution in [3.63, 3.8) is 0 Å². The van der Waals surface area contributed by atoms with Gasteiger partial charge in [-0.3, -0.25) is 0 Å². The summed E-state index contributed by atoms with van der Waals surface area (Å²) in [7, 11) is 4.07. The van der Waals surface area contributed by atoms with Crippen LogP contribution in [0.15, 0.2) is 104 Å². The molecule has 7 nitrogen and oxygen atoms in total. The molecule has 0 bridgehead atoms. The topological polar surface area (TPSA) is 44.3 Å². The summed E-state index contributed by atoms with van der Waals surface area (Å²) in [6.45, 7) is 2.82. The molecule has 6 aromatic rings. The first-order chi connectivity index (χ1) is 22.4. The lowest BCUT2D eigenvalue weighted by molar-refractivity contribution is 0.277. The van der Waals surface area contributed by atoms with Crippen molar-refractivity contribution in [1.82, 2.24) is 18.8 Å². The quantitative estimate of drug-likeness (QED) is 0.199. The first kappa shape index (κ1) is 29.8. The van der Waals surface area contributed by atoms with Crippen molar-refractivity contribution in [2.24, 2.45) is 0 Å². The zero-order valence-electron chi connectivity index (χ0n) is 26.3. The minimum absolute atomic E-state index is 0.489. The van der Waals surface area contributed by atoms with Gasteiger partial charge in [0.05, 0.1) is 11.4 Å². The Labute approximate surface area is 268 Å². The number of hydrogen-bond donors (Lipinski definition) is 0. The molecule has 2 aromatic carbocycles. The molecule has 2 saturated heterocycles. The fourth-order valence-electron chi connectivity index (χ4n) is 6.21. The van der Waals surface area contributed by atoms with Crippen molar-refractivity contribution >= 4 is 28.4 Å². The summed E-state index contributed by atoms with van der Waals surface area (Å²) >= 11 is 0. The lowest BCUT2D eigenvalue weighted by atomic mass is 10.1. The van der Waals surface area contributed by atoms with E-state index in [2.05, 4.69) is 74.4 Å². The molecule has 8 rings (SSSR count). The van der Waals surface area contributed by atoms with Gasteiger partial charge in [-0.05, 0) is 43.5 Å². The minimum Gasteiger partial charge on any atom is -0.378 e. The lowest BCUT2D eigenvalue weighted by Crippen LogP contribution is -2.34.